The fourth-order valence-electron chi connectivity index (χ4n) is 2.17. The normalized spacial score (nSPS) is 26.5. The van der Waals surface area contributed by atoms with Crippen LogP contribution < -0.4 is 11.5 Å². The van der Waals surface area contributed by atoms with Gasteiger partial charge in [-0.05, 0) is 37.6 Å². The van der Waals surface area contributed by atoms with E-state index in [0.717, 1.165) is 23.8 Å². The van der Waals surface area contributed by atoms with Crippen LogP contribution in [0.3, 0.4) is 0 Å². The fraction of sp³-hybridized carbons (Fsp3) is 0.900. The lowest BCUT2D eigenvalue weighted by atomic mass is 9.97. The second-order valence-corrected chi connectivity index (χ2v) is 7.40. The van der Waals surface area contributed by atoms with Crippen LogP contribution in [-0.4, -0.2) is 28.0 Å². The van der Waals surface area contributed by atoms with Crippen LogP contribution in [0.15, 0.2) is 0 Å². The standard InChI is InChI=1S/C10H18N2OS2/c11-6-8(7-1-2-7)5-10(9(12)13)14-3-4-15-10/h7-8H,1-6,11H2,(H2,12,13). The van der Waals surface area contributed by atoms with Gasteiger partial charge in [0.15, 0.2) is 0 Å². The molecule has 15 heavy (non-hydrogen) atoms. The third kappa shape index (κ3) is 2.45. The molecule has 86 valence electrons. The summed E-state index contributed by atoms with van der Waals surface area (Å²) in [6, 6.07) is 0. The number of carbonyl (C=O) groups excluding carboxylic acids is 1. The fourth-order valence-corrected chi connectivity index (χ4v) is 5.28. The predicted molar refractivity (Wildman–Crippen MR) is 66.7 cm³/mol. The Kier molecular flexibility index (Phi) is 3.52. The van der Waals surface area contributed by atoms with Gasteiger partial charge in [0.1, 0.15) is 4.08 Å². The first-order valence-electron chi connectivity index (χ1n) is 5.46. The maximum absolute atomic E-state index is 11.6. The molecule has 0 aromatic rings. The Balaban J connectivity index is 2.01. The van der Waals surface area contributed by atoms with Crippen molar-refractivity contribution >= 4 is 29.4 Å². The summed E-state index contributed by atoms with van der Waals surface area (Å²) in [6.07, 6.45) is 3.44. The maximum Gasteiger partial charge on any atom is 0.243 e. The molecule has 3 nitrogen and oxygen atoms in total. The second kappa shape index (κ2) is 4.55. The highest BCUT2D eigenvalue weighted by Crippen LogP contribution is 2.51. The molecule has 1 amide bonds. The van der Waals surface area contributed by atoms with Crippen LogP contribution >= 0.6 is 23.5 Å². The van der Waals surface area contributed by atoms with Gasteiger partial charge in [0.05, 0.1) is 0 Å². The van der Waals surface area contributed by atoms with Gasteiger partial charge in [-0.1, -0.05) is 0 Å². The Hall–Kier alpha value is 0.130. The highest BCUT2D eigenvalue weighted by Gasteiger charge is 2.45. The van der Waals surface area contributed by atoms with E-state index in [0.29, 0.717) is 12.5 Å². The van der Waals surface area contributed by atoms with Gasteiger partial charge in [0.25, 0.3) is 0 Å². The average Bonchev–Trinajstić information content (AvgIpc) is 2.94. The van der Waals surface area contributed by atoms with Crippen molar-refractivity contribution in [1.82, 2.24) is 0 Å². The van der Waals surface area contributed by atoms with Crippen molar-refractivity contribution in [2.75, 3.05) is 18.1 Å². The van der Waals surface area contributed by atoms with Crippen molar-refractivity contribution in [3.05, 3.63) is 0 Å². The molecule has 0 aromatic carbocycles. The Morgan fingerprint density at radius 3 is 2.40 bits per heavy atom. The predicted octanol–water partition coefficient (Wildman–Crippen LogP) is 1.02. The molecule has 0 aromatic heterocycles. The quantitative estimate of drug-likeness (QED) is 0.760. The largest absolute Gasteiger partial charge is 0.368 e. The van der Waals surface area contributed by atoms with Gasteiger partial charge in [-0.3, -0.25) is 4.79 Å². The van der Waals surface area contributed by atoms with Crippen LogP contribution in [0.5, 0.6) is 0 Å². The lowest BCUT2D eigenvalue weighted by molar-refractivity contribution is -0.118. The minimum atomic E-state index is -0.368. The van der Waals surface area contributed by atoms with E-state index in [4.69, 9.17) is 11.5 Å². The number of amides is 1. The van der Waals surface area contributed by atoms with Gasteiger partial charge >= 0.3 is 0 Å². The lowest BCUT2D eigenvalue weighted by Crippen LogP contribution is -2.39. The summed E-state index contributed by atoms with van der Waals surface area (Å²) >= 11 is 3.44. The van der Waals surface area contributed by atoms with Crippen LogP contribution in [0.4, 0.5) is 0 Å². The monoisotopic (exact) mass is 246 g/mol. The zero-order chi connectivity index (χ0) is 10.9. The van der Waals surface area contributed by atoms with E-state index in [9.17, 15) is 4.79 Å². The number of rotatable bonds is 5. The van der Waals surface area contributed by atoms with Crippen LogP contribution in [0.1, 0.15) is 19.3 Å². The van der Waals surface area contributed by atoms with E-state index in [1.165, 1.54) is 12.8 Å². The number of hydrogen-bond acceptors (Lipinski definition) is 4. The highest BCUT2D eigenvalue weighted by molar-refractivity contribution is 8.22. The van der Waals surface area contributed by atoms with E-state index in [1.54, 1.807) is 23.5 Å². The lowest BCUT2D eigenvalue weighted by Gasteiger charge is -2.28. The molecular formula is C10H18N2OS2. The van der Waals surface area contributed by atoms with Gasteiger partial charge in [0.2, 0.25) is 5.91 Å². The van der Waals surface area contributed by atoms with Gasteiger partial charge in [-0.2, -0.15) is 0 Å². The molecule has 2 aliphatic rings. The van der Waals surface area contributed by atoms with E-state index in [-0.39, 0.29) is 9.99 Å². The van der Waals surface area contributed by atoms with Crippen LogP contribution in [0.2, 0.25) is 0 Å². The molecule has 1 aliphatic carbocycles. The molecule has 2 rings (SSSR count). The summed E-state index contributed by atoms with van der Waals surface area (Å²) in [5, 5.41) is 0. The number of hydrogen-bond donors (Lipinski definition) is 2. The summed E-state index contributed by atoms with van der Waals surface area (Å²) in [6.45, 7) is 0.695. The smallest absolute Gasteiger partial charge is 0.243 e. The zero-order valence-electron chi connectivity index (χ0n) is 8.78. The van der Waals surface area contributed by atoms with E-state index in [1.807, 2.05) is 0 Å². The molecule has 1 heterocycles. The molecule has 2 fully saturated rings. The summed E-state index contributed by atoms with van der Waals surface area (Å²) in [7, 11) is 0. The summed E-state index contributed by atoms with van der Waals surface area (Å²) in [5.74, 6) is 3.17. The Labute approximate surface area is 99.1 Å². The number of primary amides is 1. The minimum Gasteiger partial charge on any atom is -0.368 e. The SMILES string of the molecule is NCC(CC1(C(N)=O)SCCS1)C1CC1. The van der Waals surface area contributed by atoms with Gasteiger partial charge in [0, 0.05) is 11.5 Å². The molecule has 0 spiro atoms. The summed E-state index contributed by atoms with van der Waals surface area (Å²) < 4.78 is -0.368. The van der Waals surface area contributed by atoms with Crippen molar-refractivity contribution in [2.24, 2.45) is 23.3 Å². The van der Waals surface area contributed by atoms with Crippen molar-refractivity contribution in [3.63, 3.8) is 0 Å². The number of nitrogens with two attached hydrogens (primary N) is 2. The van der Waals surface area contributed by atoms with Crippen molar-refractivity contribution < 1.29 is 4.79 Å². The minimum absolute atomic E-state index is 0.158. The first-order valence-corrected chi connectivity index (χ1v) is 7.43. The Bertz CT molecular complexity index is 250. The molecule has 1 saturated carbocycles. The molecule has 5 heteroatoms. The maximum atomic E-state index is 11.6. The summed E-state index contributed by atoms with van der Waals surface area (Å²) in [5.41, 5.74) is 11.3. The molecule has 0 radical (unpaired) electrons. The van der Waals surface area contributed by atoms with Gasteiger partial charge in [-0.25, -0.2) is 0 Å². The van der Waals surface area contributed by atoms with Gasteiger partial charge in [-0.15, -0.1) is 23.5 Å². The molecular weight excluding hydrogens is 228 g/mol. The molecule has 1 aliphatic heterocycles. The van der Waals surface area contributed by atoms with Crippen molar-refractivity contribution in [2.45, 2.75) is 23.3 Å². The van der Waals surface area contributed by atoms with Crippen LogP contribution in [0, 0.1) is 11.8 Å². The summed E-state index contributed by atoms with van der Waals surface area (Å²) in [4.78, 5) is 11.6. The van der Waals surface area contributed by atoms with Gasteiger partial charge < -0.3 is 11.5 Å². The number of thioether (sulfide) groups is 2. The van der Waals surface area contributed by atoms with Crippen molar-refractivity contribution in [1.29, 1.82) is 0 Å². The zero-order valence-corrected chi connectivity index (χ0v) is 10.4. The van der Waals surface area contributed by atoms with Crippen LogP contribution in [-0.2, 0) is 4.79 Å². The first kappa shape index (κ1) is 11.6. The molecule has 1 atom stereocenters. The Morgan fingerprint density at radius 2 is 2.00 bits per heavy atom. The molecule has 1 unspecified atom stereocenters. The highest BCUT2D eigenvalue weighted by atomic mass is 32.2. The van der Waals surface area contributed by atoms with E-state index in [2.05, 4.69) is 0 Å². The first-order chi connectivity index (χ1) is 7.18. The molecule has 4 N–H and O–H groups in total. The van der Waals surface area contributed by atoms with Crippen LogP contribution in [0.25, 0.3) is 0 Å². The molecule has 0 bridgehead atoms. The number of carbonyl (C=O) groups is 1. The molecule has 1 saturated heterocycles. The topological polar surface area (TPSA) is 69.1 Å². The Morgan fingerprint density at radius 1 is 1.40 bits per heavy atom. The van der Waals surface area contributed by atoms with E-state index >= 15 is 0 Å². The van der Waals surface area contributed by atoms with E-state index < -0.39 is 0 Å². The van der Waals surface area contributed by atoms with Crippen molar-refractivity contribution in [3.8, 4) is 0 Å². The third-order valence-corrected chi connectivity index (χ3v) is 6.70. The second-order valence-electron chi connectivity index (χ2n) is 4.35. The average molecular weight is 246 g/mol. The third-order valence-electron chi connectivity index (χ3n) is 3.25.